The van der Waals surface area contributed by atoms with Crippen molar-refractivity contribution < 1.29 is 19.0 Å². The monoisotopic (exact) mass is 395 g/mol. The van der Waals surface area contributed by atoms with Gasteiger partial charge in [-0.25, -0.2) is 4.99 Å². The van der Waals surface area contributed by atoms with Crippen molar-refractivity contribution in [2.75, 3.05) is 25.3 Å². The lowest BCUT2D eigenvalue weighted by Crippen LogP contribution is -2.37. The Morgan fingerprint density at radius 2 is 2.03 bits per heavy atom. The number of fused-ring (bicyclic) bond motifs is 1. The number of amides is 1. The van der Waals surface area contributed by atoms with Crippen molar-refractivity contribution in [3.05, 3.63) is 53.6 Å². The van der Waals surface area contributed by atoms with E-state index in [0.29, 0.717) is 29.6 Å². The molecular weight excluding hydrogens is 370 g/mol. The zero-order valence-electron chi connectivity index (χ0n) is 16.4. The predicted octanol–water partition coefficient (Wildman–Crippen LogP) is 3.35. The van der Waals surface area contributed by atoms with E-state index < -0.39 is 0 Å². The van der Waals surface area contributed by atoms with Crippen LogP contribution in [0.3, 0.4) is 0 Å². The molecule has 0 spiro atoms. The summed E-state index contributed by atoms with van der Waals surface area (Å²) in [6.07, 6.45) is 3.00. The highest BCUT2D eigenvalue weighted by Crippen LogP contribution is 2.32. The van der Waals surface area contributed by atoms with Gasteiger partial charge in [0.1, 0.15) is 0 Å². The molecule has 152 valence electrons. The van der Waals surface area contributed by atoms with E-state index in [4.69, 9.17) is 14.2 Å². The molecule has 2 aliphatic rings. The molecule has 2 aromatic rings. The first-order valence-electron chi connectivity index (χ1n) is 9.95. The second-order valence-electron chi connectivity index (χ2n) is 6.98. The summed E-state index contributed by atoms with van der Waals surface area (Å²) < 4.78 is 16.3. The number of aliphatic imine (C=N–C) groups is 1. The highest BCUT2D eigenvalue weighted by atomic mass is 16.7. The summed E-state index contributed by atoms with van der Waals surface area (Å²) in [5.74, 6) is 1.35. The fourth-order valence-corrected chi connectivity index (χ4v) is 3.39. The molecule has 0 radical (unpaired) electrons. The Morgan fingerprint density at radius 1 is 1.17 bits per heavy atom. The van der Waals surface area contributed by atoms with Crippen LogP contribution in [0, 0.1) is 0 Å². The zero-order chi connectivity index (χ0) is 20.1. The van der Waals surface area contributed by atoms with E-state index in [1.54, 1.807) is 18.2 Å². The summed E-state index contributed by atoms with van der Waals surface area (Å²) in [5.41, 5.74) is 2.55. The number of benzene rings is 2. The molecule has 1 fully saturated rings. The van der Waals surface area contributed by atoms with Crippen molar-refractivity contribution >= 4 is 17.6 Å². The van der Waals surface area contributed by atoms with Gasteiger partial charge >= 0.3 is 0 Å². The third-order valence-electron chi connectivity index (χ3n) is 5.00. The largest absolute Gasteiger partial charge is 0.454 e. The molecule has 2 aromatic carbocycles. The van der Waals surface area contributed by atoms with Crippen LogP contribution in [0.4, 0.5) is 5.69 Å². The number of aryl methyl sites for hydroxylation is 1. The third-order valence-corrected chi connectivity index (χ3v) is 5.00. The first-order chi connectivity index (χ1) is 14.2. The molecule has 1 unspecified atom stereocenters. The molecule has 2 heterocycles. The average Bonchev–Trinajstić information content (AvgIpc) is 3.43. The van der Waals surface area contributed by atoms with E-state index in [0.717, 1.165) is 37.1 Å². The molecule has 2 aliphatic heterocycles. The molecule has 1 saturated heterocycles. The maximum Gasteiger partial charge on any atom is 0.258 e. The van der Waals surface area contributed by atoms with Crippen molar-refractivity contribution in [2.24, 2.45) is 4.99 Å². The summed E-state index contributed by atoms with van der Waals surface area (Å²) in [6, 6.07) is 13.1. The normalized spacial score (nSPS) is 18.0. The molecule has 0 aliphatic carbocycles. The summed E-state index contributed by atoms with van der Waals surface area (Å²) in [7, 11) is 0. The number of carbonyl (C=O) groups is 1. The third kappa shape index (κ3) is 4.68. The van der Waals surface area contributed by atoms with Crippen molar-refractivity contribution in [3.8, 4) is 11.5 Å². The maximum atomic E-state index is 12.8. The minimum absolute atomic E-state index is 0.0932. The molecule has 1 atom stereocenters. The van der Waals surface area contributed by atoms with Gasteiger partial charge in [0.2, 0.25) is 12.8 Å². The standard InChI is InChI=1S/C22H25N3O4/c1-2-15-6-3-4-8-18(15)24-22(23-13-17-7-5-11-27-17)25-21(26)16-9-10-19-20(12-16)29-14-28-19/h3-4,6,8-10,12,17H,2,5,7,11,13-14H2,1H3,(H2,23,24,25,26). The van der Waals surface area contributed by atoms with Crippen molar-refractivity contribution in [2.45, 2.75) is 32.3 Å². The second-order valence-corrected chi connectivity index (χ2v) is 6.98. The zero-order valence-corrected chi connectivity index (χ0v) is 16.4. The van der Waals surface area contributed by atoms with Crippen LogP contribution in [0.25, 0.3) is 0 Å². The average molecular weight is 395 g/mol. The molecule has 0 saturated carbocycles. The smallest absolute Gasteiger partial charge is 0.258 e. The fourth-order valence-electron chi connectivity index (χ4n) is 3.39. The summed E-state index contributed by atoms with van der Waals surface area (Å²) in [5, 5.41) is 6.18. The van der Waals surface area contributed by atoms with Gasteiger partial charge < -0.3 is 19.5 Å². The van der Waals surface area contributed by atoms with Crippen LogP contribution < -0.4 is 20.1 Å². The Kier molecular flexibility index (Phi) is 5.95. The fraction of sp³-hybridized carbons (Fsp3) is 0.364. The Labute approximate surface area is 170 Å². The van der Waals surface area contributed by atoms with Gasteiger partial charge in [-0.2, -0.15) is 0 Å². The van der Waals surface area contributed by atoms with Crippen molar-refractivity contribution in [3.63, 3.8) is 0 Å². The minimum atomic E-state index is -0.268. The minimum Gasteiger partial charge on any atom is -0.454 e. The molecule has 29 heavy (non-hydrogen) atoms. The summed E-state index contributed by atoms with van der Waals surface area (Å²) in [6.45, 7) is 3.53. The van der Waals surface area contributed by atoms with Crippen molar-refractivity contribution in [1.29, 1.82) is 0 Å². The number of guanidine groups is 1. The van der Waals surface area contributed by atoms with Gasteiger partial charge in [0, 0.05) is 17.9 Å². The van der Waals surface area contributed by atoms with E-state index in [-0.39, 0.29) is 18.8 Å². The number of anilines is 1. The number of rotatable bonds is 5. The van der Waals surface area contributed by atoms with Crippen LogP contribution >= 0.6 is 0 Å². The molecule has 2 N–H and O–H groups in total. The predicted molar refractivity (Wildman–Crippen MR) is 111 cm³/mol. The maximum absolute atomic E-state index is 12.8. The lowest BCUT2D eigenvalue weighted by molar-refractivity contribution is 0.0975. The van der Waals surface area contributed by atoms with Gasteiger partial charge in [0.05, 0.1) is 12.6 Å². The van der Waals surface area contributed by atoms with Gasteiger partial charge in [0.15, 0.2) is 11.5 Å². The second kappa shape index (κ2) is 8.96. The van der Waals surface area contributed by atoms with E-state index >= 15 is 0 Å². The molecule has 7 nitrogen and oxygen atoms in total. The van der Waals surface area contributed by atoms with E-state index in [1.807, 2.05) is 18.2 Å². The number of hydrogen-bond donors (Lipinski definition) is 2. The lowest BCUT2D eigenvalue weighted by atomic mass is 10.1. The van der Waals surface area contributed by atoms with Crippen molar-refractivity contribution in [1.82, 2.24) is 5.32 Å². The number of nitrogens with one attached hydrogen (secondary N) is 2. The number of ether oxygens (including phenoxy) is 3. The van der Waals surface area contributed by atoms with E-state index in [1.165, 1.54) is 0 Å². The Bertz CT molecular complexity index is 907. The topological polar surface area (TPSA) is 81.2 Å². The van der Waals surface area contributed by atoms with Gasteiger partial charge in [-0.05, 0) is 49.1 Å². The van der Waals surface area contributed by atoms with Crippen LogP contribution in [0.5, 0.6) is 11.5 Å². The summed E-state index contributed by atoms with van der Waals surface area (Å²) >= 11 is 0. The van der Waals surface area contributed by atoms with Gasteiger partial charge in [-0.15, -0.1) is 0 Å². The molecule has 0 bridgehead atoms. The number of nitrogens with zero attached hydrogens (tertiary/aromatic N) is 1. The van der Waals surface area contributed by atoms with Crippen LogP contribution in [-0.2, 0) is 11.2 Å². The number of carbonyl (C=O) groups excluding carboxylic acids is 1. The van der Waals surface area contributed by atoms with Gasteiger partial charge in [-0.3, -0.25) is 10.1 Å². The van der Waals surface area contributed by atoms with E-state index in [2.05, 4.69) is 28.6 Å². The summed E-state index contributed by atoms with van der Waals surface area (Å²) in [4.78, 5) is 17.4. The van der Waals surface area contributed by atoms with Crippen LogP contribution in [0.1, 0.15) is 35.7 Å². The molecule has 0 aromatic heterocycles. The number of para-hydroxylation sites is 1. The highest BCUT2D eigenvalue weighted by Gasteiger charge is 2.19. The van der Waals surface area contributed by atoms with E-state index in [9.17, 15) is 4.79 Å². The van der Waals surface area contributed by atoms with Gasteiger partial charge in [-0.1, -0.05) is 25.1 Å². The highest BCUT2D eigenvalue weighted by molar-refractivity contribution is 6.10. The Balaban J connectivity index is 1.52. The van der Waals surface area contributed by atoms with Crippen LogP contribution in [0.2, 0.25) is 0 Å². The molecular formula is C22H25N3O4. The molecule has 7 heteroatoms. The Hall–Kier alpha value is -3.06. The lowest BCUT2D eigenvalue weighted by Gasteiger charge is -2.15. The van der Waals surface area contributed by atoms with Crippen LogP contribution in [-0.4, -0.2) is 37.9 Å². The SMILES string of the molecule is CCc1ccccc1NC(=NCC1CCCO1)NC(=O)c1ccc2c(c1)OCO2. The van der Waals surface area contributed by atoms with Crippen LogP contribution in [0.15, 0.2) is 47.5 Å². The molecule has 4 rings (SSSR count). The number of hydrogen-bond acceptors (Lipinski definition) is 5. The quantitative estimate of drug-likeness (QED) is 0.599. The van der Waals surface area contributed by atoms with Gasteiger partial charge in [0.25, 0.3) is 5.91 Å². The molecule has 1 amide bonds. The Morgan fingerprint density at radius 3 is 2.86 bits per heavy atom. The first kappa shape index (κ1) is 19.3. The first-order valence-corrected chi connectivity index (χ1v) is 9.95.